The van der Waals surface area contributed by atoms with E-state index in [0.29, 0.717) is 19.5 Å². The van der Waals surface area contributed by atoms with Gasteiger partial charge in [-0.1, -0.05) is 80.9 Å². The Morgan fingerprint density at radius 1 is 1.04 bits per heavy atom. The standard InChI is InChI=1S/C41H71N5O6S/c1-14-28(6)38(45(12)40(51)36(26(2)3)43-39(50)37(27(4)5)44(10)11)32(52-13)24-35(49)46-22-16-19-31(46)33(53-41(7,8)9)25-34(48)42-21-20-29-17-15-18-30(47)23-29/h15,17-18,23,26-28,31-33,36-38,47H,14,16,19-22,24-25H2,1-13H3,(H,42,48)(H,43,50). The fourth-order valence-electron chi connectivity index (χ4n) is 7.64. The van der Waals surface area contributed by atoms with Gasteiger partial charge < -0.3 is 30.3 Å². The zero-order valence-corrected chi connectivity index (χ0v) is 35.7. The van der Waals surface area contributed by atoms with Gasteiger partial charge in [0.05, 0.1) is 24.6 Å². The molecule has 0 saturated carbocycles. The highest BCUT2D eigenvalue weighted by Crippen LogP contribution is 2.38. The van der Waals surface area contributed by atoms with Crippen molar-refractivity contribution >= 4 is 35.4 Å². The number of rotatable bonds is 20. The summed E-state index contributed by atoms with van der Waals surface area (Å²) in [6, 6.07) is 5.40. The highest BCUT2D eigenvalue weighted by molar-refractivity contribution is 8.01. The van der Waals surface area contributed by atoms with Crippen molar-refractivity contribution in [2.45, 2.75) is 141 Å². The van der Waals surface area contributed by atoms with Gasteiger partial charge >= 0.3 is 0 Å². The third kappa shape index (κ3) is 14.1. The summed E-state index contributed by atoms with van der Waals surface area (Å²) in [5, 5.41) is 15.8. The third-order valence-electron chi connectivity index (χ3n) is 10.4. The number of ether oxygens (including phenoxy) is 1. The number of likely N-dealkylation sites (N-methyl/N-ethyl adjacent to an activating group) is 2. The van der Waals surface area contributed by atoms with Gasteiger partial charge in [0.1, 0.15) is 11.8 Å². The van der Waals surface area contributed by atoms with Crippen LogP contribution in [0.15, 0.2) is 24.3 Å². The van der Waals surface area contributed by atoms with E-state index in [1.807, 2.05) is 57.7 Å². The number of carbonyl (C=O) groups is 4. The molecule has 0 bridgehead atoms. The second-order valence-corrected chi connectivity index (χ2v) is 18.8. The van der Waals surface area contributed by atoms with Crippen LogP contribution in [0.5, 0.6) is 5.75 Å². The Kier molecular flexibility index (Phi) is 18.6. The lowest BCUT2D eigenvalue weighted by Gasteiger charge is -2.41. The number of amides is 4. The van der Waals surface area contributed by atoms with Gasteiger partial charge in [-0.05, 0) is 68.8 Å². The van der Waals surface area contributed by atoms with E-state index in [-0.39, 0.29) is 82.1 Å². The normalized spacial score (nSPS) is 18.4. The fourth-order valence-corrected chi connectivity index (χ4v) is 9.22. The van der Waals surface area contributed by atoms with Crippen molar-refractivity contribution in [1.82, 2.24) is 25.3 Å². The second-order valence-electron chi connectivity index (χ2n) is 16.7. The van der Waals surface area contributed by atoms with Crippen molar-refractivity contribution in [1.29, 1.82) is 0 Å². The second kappa shape index (κ2) is 21.3. The van der Waals surface area contributed by atoms with Crippen molar-refractivity contribution in [3.63, 3.8) is 0 Å². The molecule has 3 N–H and O–H groups in total. The smallest absolute Gasteiger partial charge is 0.245 e. The number of benzene rings is 1. The molecule has 0 radical (unpaired) electrons. The van der Waals surface area contributed by atoms with Gasteiger partial charge in [-0.2, -0.15) is 0 Å². The van der Waals surface area contributed by atoms with Crippen LogP contribution in [0.25, 0.3) is 0 Å². The minimum Gasteiger partial charge on any atom is -0.508 e. The van der Waals surface area contributed by atoms with Gasteiger partial charge in [-0.25, -0.2) is 0 Å². The number of aromatic hydroxyl groups is 1. The molecule has 7 unspecified atom stereocenters. The molecule has 1 aromatic carbocycles. The summed E-state index contributed by atoms with van der Waals surface area (Å²) >= 11 is 1.74. The zero-order chi connectivity index (χ0) is 40.2. The Balaban J connectivity index is 2.26. The van der Waals surface area contributed by atoms with Crippen molar-refractivity contribution in [3.8, 4) is 5.75 Å². The average Bonchev–Trinajstić information content (AvgIpc) is 3.55. The van der Waals surface area contributed by atoms with Gasteiger partial charge in [-0.15, -0.1) is 11.8 Å². The molecule has 1 aliphatic heterocycles. The summed E-state index contributed by atoms with van der Waals surface area (Å²) in [4.78, 5) is 60.8. The summed E-state index contributed by atoms with van der Waals surface area (Å²) in [5.74, 6) is -0.375. The Labute approximate surface area is 324 Å². The molecular formula is C41H71N5O6S. The maximum atomic E-state index is 14.3. The monoisotopic (exact) mass is 762 g/mol. The Morgan fingerprint density at radius 2 is 1.70 bits per heavy atom. The molecule has 11 nitrogen and oxygen atoms in total. The molecule has 0 spiro atoms. The zero-order valence-electron chi connectivity index (χ0n) is 34.9. The maximum absolute atomic E-state index is 14.3. The van der Waals surface area contributed by atoms with E-state index in [1.165, 1.54) is 0 Å². The minimum atomic E-state index is -0.738. The number of phenols is 1. The molecule has 1 heterocycles. The summed E-state index contributed by atoms with van der Waals surface area (Å²) in [6.45, 7) is 19.4. The summed E-state index contributed by atoms with van der Waals surface area (Å²) in [6.07, 6.45) is 2.83. The lowest BCUT2D eigenvalue weighted by molar-refractivity contribution is -0.146. The maximum Gasteiger partial charge on any atom is 0.245 e. The van der Waals surface area contributed by atoms with Crippen LogP contribution in [0.2, 0.25) is 0 Å². The van der Waals surface area contributed by atoms with E-state index in [1.54, 1.807) is 49.0 Å². The van der Waals surface area contributed by atoms with E-state index < -0.39 is 18.2 Å². The first-order chi connectivity index (χ1) is 24.7. The SMILES string of the molecule is CCC(C)C(C(CC(=O)N1CCCC1C(CC(=O)NCCc1cccc(O)c1)SC(C)(C)C)OC)N(C)C(=O)C(NC(=O)C(C(C)C)N(C)C)C(C)C. The van der Waals surface area contributed by atoms with Crippen molar-refractivity contribution in [3.05, 3.63) is 29.8 Å². The van der Waals surface area contributed by atoms with Crippen molar-refractivity contribution in [2.24, 2.45) is 17.8 Å². The number of hydrogen-bond donors (Lipinski definition) is 3. The van der Waals surface area contributed by atoms with Crippen LogP contribution >= 0.6 is 11.8 Å². The van der Waals surface area contributed by atoms with Gasteiger partial charge in [0.15, 0.2) is 0 Å². The topological polar surface area (TPSA) is 132 Å². The number of carbonyl (C=O) groups excluding carboxylic acids is 4. The number of methoxy groups -OCH3 is 1. The molecule has 12 heteroatoms. The van der Waals surface area contributed by atoms with E-state index in [0.717, 1.165) is 24.8 Å². The predicted molar refractivity (Wildman–Crippen MR) is 216 cm³/mol. The largest absolute Gasteiger partial charge is 0.508 e. The molecule has 302 valence electrons. The van der Waals surface area contributed by atoms with E-state index >= 15 is 0 Å². The molecule has 1 fully saturated rings. The Hall–Kier alpha value is -2.83. The van der Waals surface area contributed by atoms with E-state index in [2.05, 4.69) is 45.3 Å². The molecular weight excluding hydrogens is 691 g/mol. The molecule has 1 saturated heterocycles. The van der Waals surface area contributed by atoms with Crippen LogP contribution in [0.4, 0.5) is 0 Å². The van der Waals surface area contributed by atoms with Crippen LogP contribution < -0.4 is 10.6 Å². The highest BCUT2D eigenvalue weighted by atomic mass is 32.2. The summed E-state index contributed by atoms with van der Waals surface area (Å²) in [5.41, 5.74) is 0.947. The molecule has 0 aliphatic carbocycles. The van der Waals surface area contributed by atoms with Crippen LogP contribution in [0, 0.1) is 17.8 Å². The van der Waals surface area contributed by atoms with Gasteiger partial charge in [0.25, 0.3) is 0 Å². The first-order valence-corrected chi connectivity index (χ1v) is 20.4. The first kappa shape index (κ1) is 46.3. The number of thioether (sulfide) groups is 1. The number of hydrogen-bond acceptors (Lipinski definition) is 8. The summed E-state index contributed by atoms with van der Waals surface area (Å²) < 4.78 is 5.94. The summed E-state index contributed by atoms with van der Waals surface area (Å²) in [7, 11) is 7.09. The van der Waals surface area contributed by atoms with Crippen LogP contribution in [0.3, 0.4) is 0 Å². The first-order valence-electron chi connectivity index (χ1n) is 19.5. The lowest BCUT2D eigenvalue weighted by Crippen LogP contribution is -2.59. The Bertz CT molecular complexity index is 1330. The van der Waals surface area contributed by atoms with Crippen LogP contribution in [-0.2, 0) is 30.3 Å². The van der Waals surface area contributed by atoms with Crippen LogP contribution in [0.1, 0.15) is 100.0 Å². The van der Waals surface area contributed by atoms with E-state index in [4.69, 9.17) is 4.74 Å². The molecule has 0 aromatic heterocycles. The number of phenolic OH excluding ortho intramolecular Hbond substituents is 1. The third-order valence-corrected chi connectivity index (χ3v) is 11.8. The van der Waals surface area contributed by atoms with Crippen molar-refractivity contribution in [2.75, 3.05) is 41.3 Å². The molecule has 2 rings (SSSR count). The predicted octanol–water partition coefficient (Wildman–Crippen LogP) is 5.34. The van der Waals surface area contributed by atoms with Gasteiger partial charge in [-0.3, -0.25) is 24.1 Å². The number of nitrogens with zero attached hydrogens (tertiary/aromatic N) is 3. The Morgan fingerprint density at radius 3 is 2.23 bits per heavy atom. The van der Waals surface area contributed by atoms with Gasteiger partial charge in [0.2, 0.25) is 23.6 Å². The molecule has 53 heavy (non-hydrogen) atoms. The minimum absolute atomic E-state index is 0.0116. The molecule has 4 amide bonds. The molecule has 1 aromatic rings. The average molecular weight is 762 g/mol. The van der Waals surface area contributed by atoms with Crippen molar-refractivity contribution < 1.29 is 29.0 Å². The highest BCUT2D eigenvalue weighted by Gasteiger charge is 2.42. The molecule has 7 atom stereocenters. The van der Waals surface area contributed by atoms with Crippen LogP contribution in [-0.4, -0.2) is 125 Å². The number of nitrogens with one attached hydrogen (secondary N) is 2. The van der Waals surface area contributed by atoms with E-state index in [9.17, 15) is 24.3 Å². The molecule has 1 aliphatic rings. The quantitative estimate of drug-likeness (QED) is 0.163. The van der Waals surface area contributed by atoms with Gasteiger partial charge in [0, 0.05) is 49.7 Å². The lowest BCUT2D eigenvalue weighted by atomic mass is 9.89. The number of likely N-dealkylation sites (tertiary alicyclic amines) is 1. The fraction of sp³-hybridized carbons (Fsp3) is 0.756.